The molecule has 0 radical (unpaired) electrons. The molecule has 1 aliphatic carbocycles. The SMILES string of the molecule is CCCC1NC(C)N(C2CCCCC2(C)C)C1=O. The van der Waals surface area contributed by atoms with Gasteiger partial charge in [-0.2, -0.15) is 0 Å². The lowest BCUT2D eigenvalue weighted by Crippen LogP contribution is -2.51. The first-order valence-electron chi connectivity index (χ1n) is 7.55. The summed E-state index contributed by atoms with van der Waals surface area (Å²) in [5, 5.41) is 3.47. The zero-order valence-corrected chi connectivity index (χ0v) is 12.3. The zero-order chi connectivity index (χ0) is 13.3. The standard InChI is InChI=1S/C15H28N2O/c1-5-8-12-14(18)17(11(2)16-12)13-9-6-7-10-15(13,3)4/h11-13,16H,5-10H2,1-4H3. The van der Waals surface area contributed by atoms with Gasteiger partial charge in [0.25, 0.3) is 0 Å². The number of hydrogen-bond donors (Lipinski definition) is 1. The normalized spacial score (nSPS) is 36.1. The molecule has 104 valence electrons. The van der Waals surface area contributed by atoms with Crippen LogP contribution < -0.4 is 5.32 Å². The predicted octanol–water partition coefficient (Wildman–Crippen LogP) is 2.90. The molecule has 0 spiro atoms. The van der Waals surface area contributed by atoms with E-state index >= 15 is 0 Å². The molecule has 3 unspecified atom stereocenters. The molecule has 1 amide bonds. The summed E-state index contributed by atoms with van der Waals surface area (Å²) in [6.07, 6.45) is 7.23. The Morgan fingerprint density at radius 3 is 2.72 bits per heavy atom. The molecule has 2 aliphatic rings. The highest BCUT2D eigenvalue weighted by Crippen LogP contribution is 2.40. The van der Waals surface area contributed by atoms with Crippen molar-refractivity contribution in [1.82, 2.24) is 10.2 Å². The van der Waals surface area contributed by atoms with Gasteiger partial charge in [-0.25, -0.2) is 0 Å². The van der Waals surface area contributed by atoms with Crippen molar-refractivity contribution >= 4 is 5.91 Å². The third kappa shape index (κ3) is 2.42. The van der Waals surface area contributed by atoms with Crippen LogP contribution in [0.25, 0.3) is 0 Å². The van der Waals surface area contributed by atoms with Crippen molar-refractivity contribution in [2.24, 2.45) is 5.41 Å². The van der Waals surface area contributed by atoms with Crippen molar-refractivity contribution in [3.8, 4) is 0 Å². The van der Waals surface area contributed by atoms with Crippen LogP contribution in [0.15, 0.2) is 0 Å². The van der Waals surface area contributed by atoms with Crippen molar-refractivity contribution in [3.05, 3.63) is 0 Å². The van der Waals surface area contributed by atoms with Crippen molar-refractivity contribution < 1.29 is 4.79 Å². The maximum Gasteiger partial charge on any atom is 0.241 e. The van der Waals surface area contributed by atoms with Crippen LogP contribution >= 0.6 is 0 Å². The van der Waals surface area contributed by atoms with Gasteiger partial charge in [0.1, 0.15) is 0 Å². The number of nitrogens with zero attached hydrogens (tertiary/aromatic N) is 1. The third-order valence-electron chi connectivity index (χ3n) is 4.78. The summed E-state index contributed by atoms with van der Waals surface area (Å²) in [5.41, 5.74) is 0.269. The van der Waals surface area contributed by atoms with Gasteiger partial charge in [-0.3, -0.25) is 10.1 Å². The second-order valence-corrected chi connectivity index (χ2v) is 6.68. The Morgan fingerprint density at radius 1 is 1.39 bits per heavy atom. The highest BCUT2D eigenvalue weighted by Gasteiger charge is 2.45. The van der Waals surface area contributed by atoms with Crippen molar-refractivity contribution in [3.63, 3.8) is 0 Å². The zero-order valence-electron chi connectivity index (χ0n) is 12.3. The first kappa shape index (κ1) is 13.9. The third-order valence-corrected chi connectivity index (χ3v) is 4.78. The molecular formula is C15H28N2O. The molecule has 3 heteroatoms. The van der Waals surface area contributed by atoms with E-state index in [4.69, 9.17) is 0 Å². The minimum Gasteiger partial charge on any atom is -0.323 e. The summed E-state index contributed by atoms with van der Waals surface area (Å²) in [6.45, 7) is 8.93. The van der Waals surface area contributed by atoms with E-state index in [2.05, 4.69) is 37.9 Å². The fourth-order valence-electron chi connectivity index (χ4n) is 3.72. The van der Waals surface area contributed by atoms with E-state index in [0.717, 1.165) is 12.8 Å². The van der Waals surface area contributed by atoms with Gasteiger partial charge in [0.15, 0.2) is 0 Å². The van der Waals surface area contributed by atoms with E-state index in [-0.39, 0.29) is 17.6 Å². The summed E-state index contributed by atoms with van der Waals surface area (Å²) in [7, 11) is 0. The second kappa shape index (κ2) is 5.20. The highest BCUT2D eigenvalue weighted by molar-refractivity contribution is 5.84. The Labute approximate surface area is 111 Å². The molecule has 18 heavy (non-hydrogen) atoms. The van der Waals surface area contributed by atoms with Gasteiger partial charge < -0.3 is 4.90 Å². The van der Waals surface area contributed by atoms with Crippen LogP contribution in [0.4, 0.5) is 0 Å². The Kier molecular flexibility index (Phi) is 4.00. The van der Waals surface area contributed by atoms with E-state index in [1.54, 1.807) is 0 Å². The molecule has 3 nitrogen and oxygen atoms in total. The van der Waals surface area contributed by atoms with Gasteiger partial charge in [-0.05, 0) is 31.6 Å². The van der Waals surface area contributed by atoms with Crippen LogP contribution in [0.5, 0.6) is 0 Å². The number of carbonyl (C=O) groups is 1. The van der Waals surface area contributed by atoms with E-state index in [0.29, 0.717) is 11.9 Å². The van der Waals surface area contributed by atoms with Crippen molar-refractivity contribution in [2.45, 2.75) is 84.5 Å². The molecule has 3 atom stereocenters. The quantitative estimate of drug-likeness (QED) is 0.837. The lowest BCUT2D eigenvalue weighted by molar-refractivity contribution is -0.136. The first-order chi connectivity index (χ1) is 8.47. The van der Waals surface area contributed by atoms with Crippen LogP contribution in [0.3, 0.4) is 0 Å². The average molecular weight is 252 g/mol. The lowest BCUT2D eigenvalue weighted by atomic mass is 9.72. The molecule has 2 rings (SSSR count). The molecule has 0 aromatic rings. The maximum atomic E-state index is 12.6. The number of carbonyl (C=O) groups excluding carboxylic acids is 1. The van der Waals surface area contributed by atoms with E-state index in [1.807, 2.05) is 0 Å². The Balaban J connectivity index is 2.14. The molecule has 1 aliphatic heterocycles. The predicted molar refractivity (Wildman–Crippen MR) is 74.2 cm³/mol. The summed E-state index contributed by atoms with van der Waals surface area (Å²) < 4.78 is 0. The van der Waals surface area contributed by atoms with Gasteiger partial charge >= 0.3 is 0 Å². The van der Waals surface area contributed by atoms with Gasteiger partial charge in [-0.1, -0.05) is 40.0 Å². The highest BCUT2D eigenvalue weighted by atomic mass is 16.2. The molecule has 1 saturated carbocycles. The molecular weight excluding hydrogens is 224 g/mol. The van der Waals surface area contributed by atoms with E-state index < -0.39 is 0 Å². The van der Waals surface area contributed by atoms with E-state index in [9.17, 15) is 4.79 Å². The second-order valence-electron chi connectivity index (χ2n) is 6.68. The Morgan fingerprint density at radius 2 is 2.11 bits per heavy atom. The molecule has 2 fully saturated rings. The minimum atomic E-state index is 0.0581. The summed E-state index contributed by atoms with van der Waals surface area (Å²) in [4.78, 5) is 14.7. The van der Waals surface area contributed by atoms with Gasteiger partial charge in [0.2, 0.25) is 5.91 Å². The topological polar surface area (TPSA) is 32.3 Å². The fraction of sp³-hybridized carbons (Fsp3) is 0.933. The molecule has 1 N–H and O–H groups in total. The minimum absolute atomic E-state index is 0.0581. The van der Waals surface area contributed by atoms with Gasteiger partial charge in [0.05, 0.1) is 12.2 Å². The number of hydrogen-bond acceptors (Lipinski definition) is 2. The molecule has 1 saturated heterocycles. The van der Waals surface area contributed by atoms with Crippen molar-refractivity contribution in [2.75, 3.05) is 0 Å². The Bertz CT molecular complexity index is 314. The van der Waals surface area contributed by atoms with Crippen LogP contribution in [0, 0.1) is 5.41 Å². The van der Waals surface area contributed by atoms with Gasteiger partial charge in [-0.15, -0.1) is 0 Å². The molecule has 0 bridgehead atoms. The average Bonchev–Trinajstić information content (AvgIpc) is 2.56. The molecule has 0 aromatic heterocycles. The van der Waals surface area contributed by atoms with Crippen LogP contribution in [-0.4, -0.2) is 29.1 Å². The van der Waals surface area contributed by atoms with Crippen LogP contribution in [0.2, 0.25) is 0 Å². The molecule has 1 heterocycles. The van der Waals surface area contributed by atoms with Crippen LogP contribution in [-0.2, 0) is 4.79 Å². The smallest absolute Gasteiger partial charge is 0.241 e. The summed E-state index contributed by atoms with van der Waals surface area (Å²) >= 11 is 0. The monoisotopic (exact) mass is 252 g/mol. The number of rotatable bonds is 3. The molecule has 0 aromatic carbocycles. The van der Waals surface area contributed by atoms with Crippen LogP contribution in [0.1, 0.15) is 66.2 Å². The Hall–Kier alpha value is -0.570. The van der Waals surface area contributed by atoms with Gasteiger partial charge in [0, 0.05) is 6.04 Å². The summed E-state index contributed by atoms with van der Waals surface area (Å²) in [6, 6.07) is 0.478. The number of amides is 1. The number of nitrogens with one attached hydrogen (secondary N) is 1. The van der Waals surface area contributed by atoms with Crippen molar-refractivity contribution in [1.29, 1.82) is 0 Å². The largest absolute Gasteiger partial charge is 0.323 e. The fourth-order valence-corrected chi connectivity index (χ4v) is 3.72. The summed E-state index contributed by atoms with van der Waals surface area (Å²) in [5.74, 6) is 0.337. The lowest BCUT2D eigenvalue weighted by Gasteiger charge is -2.45. The maximum absolute atomic E-state index is 12.6. The first-order valence-corrected chi connectivity index (χ1v) is 7.55. The van der Waals surface area contributed by atoms with E-state index in [1.165, 1.54) is 25.7 Å².